The number of methoxy groups -OCH3 is 1. The molecule has 10 heteroatoms. The Bertz CT molecular complexity index is 2340. The summed E-state index contributed by atoms with van der Waals surface area (Å²) in [5.41, 5.74) is 9.71. The first-order chi connectivity index (χ1) is 30.9. The maximum atomic E-state index is 13.7. The van der Waals surface area contributed by atoms with E-state index in [9.17, 15) is 19.5 Å². The number of rotatable bonds is 20. The van der Waals surface area contributed by atoms with Gasteiger partial charge in [0.15, 0.2) is 5.78 Å². The van der Waals surface area contributed by atoms with Gasteiger partial charge in [0.1, 0.15) is 18.3 Å². The molecule has 2 aromatic rings. The number of aliphatic hydroxyl groups is 1. The molecule has 5 heterocycles. The van der Waals surface area contributed by atoms with Crippen LogP contribution in [0.4, 0.5) is 0 Å². The average molecular weight is 893 g/mol. The highest BCUT2D eigenvalue weighted by Crippen LogP contribution is 2.43. The van der Waals surface area contributed by atoms with E-state index in [2.05, 4.69) is 94.2 Å². The zero-order valence-electron chi connectivity index (χ0n) is 41.7. The van der Waals surface area contributed by atoms with Crippen LogP contribution in [0.3, 0.4) is 0 Å². The van der Waals surface area contributed by atoms with Gasteiger partial charge in [-0.2, -0.15) is 0 Å². The van der Waals surface area contributed by atoms with Crippen LogP contribution in [0.1, 0.15) is 178 Å². The summed E-state index contributed by atoms with van der Waals surface area (Å²) in [5.74, 6) is 0.576. The highest BCUT2D eigenvalue weighted by molar-refractivity contribution is 6.00. The minimum Gasteiger partial charge on any atom is -0.510 e. The van der Waals surface area contributed by atoms with Crippen LogP contribution in [0.5, 0.6) is 0 Å². The lowest BCUT2D eigenvalue weighted by molar-refractivity contribution is -0.143. The predicted molar refractivity (Wildman–Crippen MR) is 264 cm³/mol. The second-order valence-corrected chi connectivity index (χ2v) is 20.7. The molecule has 3 aliphatic heterocycles. The van der Waals surface area contributed by atoms with Crippen molar-refractivity contribution in [2.24, 2.45) is 47.3 Å². The lowest BCUT2D eigenvalue weighted by Gasteiger charge is -2.26. The summed E-state index contributed by atoms with van der Waals surface area (Å²) in [6.07, 6.45) is 21.2. The molecule has 0 radical (unpaired) electrons. The van der Waals surface area contributed by atoms with Crippen LogP contribution in [-0.4, -0.2) is 52.6 Å². The number of hydrogen-bond acceptors (Lipinski definition) is 8. The summed E-state index contributed by atoms with van der Waals surface area (Å²) < 4.78 is 11.2. The van der Waals surface area contributed by atoms with Gasteiger partial charge in [-0.05, 0) is 118 Å². The number of carbonyl (C=O) groups excluding carboxylic acids is 3. The van der Waals surface area contributed by atoms with Crippen LogP contribution in [0.2, 0.25) is 0 Å². The number of aromatic nitrogens is 2. The number of H-pyrrole nitrogens is 2. The van der Waals surface area contributed by atoms with Crippen LogP contribution in [-0.2, 0) is 19.1 Å². The van der Waals surface area contributed by atoms with Crippen molar-refractivity contribution >= 4 is 47.3 Å². The normalized spacial score (nSPS) is 25.9. The summed E-state index contributed by atoms with van der Waals surface area (Å²) >= 11 is 0. The van der Waals surface area contributed by atoms with Crippen LogP contribution in [0, 0.1) is 61.2 Å². The van der Waals surface area contributed by atoms with Crippen molar-refractivity contribution in [3.8, 4) is 0 Å². The Kier molecular flexibility index (Phi) is 16.6. The minimum absolute atomic E-state index is 0.0169. The van der Waals surface area contributed by atoms with E-state index >= 15 is 0 Å². The lowest BCUT2D eigenvalue weighted by atomic mass is 9.80. The first-order valence-electron chi connectivity index (χ1n) is 24.9. The monoisotopic (exact) mass is 893 g/mol. The van der Waals surface area contributed by atoms with Crippen LogP contribution in [0.15, 0.2) is 28.7 Å². The van der Waals surface area contributed by atoms with Crippen LogP contribution < -0.4 is 21.2 Å². The molecule has 2 aromatic heterocycles. The average Bonchev–Trinajstić information content (AvgIpc) is 4.00. The fourth-order valence-electron chi connectivity index (χ4n) is 11.3. The molecule has 0 aromatic carbocycles. The topological polar surface area (TPSA) is 146 Å². The van der Waals surface area contributed by atoms with Crippen molar-refractivity contribution in [1.29, 1.82) is 0 Å². The van der Waals surface area contributed by atoms with Gasteiger partial charge in [-0.25, -0.2) is 0 Å². The van der Waals surface area contributed by atoms with Gasteiger partial charge >= 0.3 is 11.9 Å². The highest BCUT2D eigenvalue weighted by atomic mass is 16.5. The summed E-state index contributed by atoms with van der Waals surface area (Å²) in [6, 6.07) is -0.438. The minimum atomic E-state index is -1.02. The molecule has 2 fully saturated rings. The third-order valence-corrected chi connectivity index (χ3v) is 15.4. The first-order valence-corrected chi connectivity index (χ1v) is 24.9. The van der Waals surface area contributed by atoms with Crippen molar-refractivity contribution in [3.63, 3.8) is 0 Å². The second-order valence-electron chi connectivity index (χ2n) is 20.7. The fourth-order valence-corrected chi connectivity index (χ4v) is 11.3. The maximum absolute atomic E-state index is 13.7. The Hall–Kier alpha value is -4.73. The SMILES string of the molecule is CC[C@H]1/C2=C/c3[nH]c4c(c3C)=C(O)[C@H](C(=O)OC)C=4C3N/C(=C/c4[nH]c(c(C(C)=O)c4C)/C=C(\N2)[C@@H]1C)[C@@H](C)[C@@H]3CCC(=O)OC/C=C(\C)CCC[C@H](C)CCC[C@H](C)CCCC(C)C. The van der Waals surface area contributed by atoms with E-state index in [0.717, 1.165) is 82.3 Å². The molecule has 0 amide bonds. The summed E-state index contributed by atoms with van der Waals surface area (Å²) in [6.45, 7) is 23.9. The van der Waals surface area contributed by atoms with Crippen molar-refractivity contribution in [2.45, 2.75) is 159 Å². The quantitative estimate of drug-likeness (QED) is 0.0502. The summed E-state index contributed by atoms with van der Waals surface area (Å²) in [4.78, 5) is 47.6. The van der Waals surface area contributed by atoms with Gasteiger partial charge in [0, 0.05) is 63.4 Å². The summed E-state index contributed by atoms with van der Waals surface area (Å²) in [7, 11) is 1.35. The molecule has 8 atom stereocenters. The molecular formula is C55H80N4O6. The number of carbonyl (C=O) groups is 3. The van der Waals surface area contributed by atoms with Crippen molar-refractivity contribution in [3.05, 3.63) is 73.1 Å². The Labute approximate surface area is 389 Å². The van der Waals surface area contributed by atoms with Gasteiger partial charge in [-0.15, -0.1) is 0 Å². The van der Waals surface area contributed by atoms with E-state index in [4.69, 9.17) is 9.47 Å². The summed E-state index contributed by atoms with van der Waals surface area (Å²) in [5, 5.41) is 20.8. The molecule has 0 saturated carbocycles. The molecule has 356 valence electrons. The Morgan fingerprint density at radius 1 is 0.800 bits per heavy atom. The molecule has 5 N–H and O–H groups in total. The molecular weight excluding hydrogens is 813 g/mol. The van der Waals surface area contributed by atoms with E-state index in [-0.39, 0.29) is 54.2 Å². The number of aromatic amines is 2. The lowest BCUT2D eigenvalue weighted by Crippen LogP contribution is -2.38. The third kappa shape index (κ3) is 11.1. The van der Waals surface area contributed by atoms with Gasteiger partial charge in [-0.3, -0.25) is 14.4 Å². The standard InChI is InChI=1S/C55H80N4O6/c1-13-39-34(7)41-29-46-48(38(11)60)36(9)43(57-46)27-42-35(8)40(52(58-42)50-51(55(63)64-12)54(62)49-37(10)44(59-53(49)50)28-45(39)56-41)23-24-47(61)65-26-25-33(6)22-16-21-32(5)20-15-19-31(4)18-14-17-30(2)3/h25,27-32,34-35,39-40,51-52,56-59,62H,13-24,26H2,1-12H3/b33-25+,41-29-,42-27+,45-28-/t31-,32-,34-,35+,39-,40+,51-,52?/m1/s1. The molecule has 4 aliphatic rings. The zero-order chi connectivity index (χ0) is 47.3. The van der Waals surface area contributed by atoms with Crippen LogP contribution >= 0.6 is 0 Å². The number of aliphatic hydroxyl groups excluding tert-OH is 1. The van der Waals surface area contributed by atoms with Crippen LogP contribution in [0.25, 0.3) is 29.6 Å². The van der Waals surface area contributed by atoms with Gasteiger partial charge in [0.25, 0.3) is 0 Å². The molecule has 8 bridgehead atoms. The van der Waals surface area contributed by atoms with E-state index in [0.29, 0.717) is 28.1 Å². The number of Topliss-reactive ketones (excluding diaryl/α,β-unsaturated/α-hetero) is 1. The maximum Gasteiger partial charge on any atom is 0.320 e. The number of nitrogens with one attached hydrogen (secondary N) is 4. The predicted octanol–water partition coefficient (Wildman–Crippen LogP) is 10.7. The molecule has 6 rings (SSSR count). The van der Waals surface area contributed by atoms with Gasteiger partial charge < -0.3 is 35.2 Å². The number of ketones is 1. The van der Waals surface area contributed by atoms with Gasteiger partial charge in [-0.1, -0.05) is 99.0 Å². The number of esters is 2. The molecule has 1 unspecified atom stereocenters. The van der Waals surface area contributed by atoms with Gasteiger partial charge in [0.2, 0.25) is 0 Å². The second kappa shape index (κ2) is 21.7. The first kappa shape index (κ1) is 49.7. The number of allylic oxidation sites excluding steroid dienone is 4. The molecule has 0 spiro atoms. The molecule has 2 saturated heterocycles. The number of fused-ring (bicyclic) bond motifs is 8. The zero-order valence-corrected chi connectivity index (χ0v) is 41.7. The molecule has 65 heavy (non-hydrogen) atoms. The van der Waals surface area contributed by atoms with Crippen molar-refractivity contribution in [1.82, 2.24) is 20.6 Å². The van der Waals surface area contributed by atoms with E-state index < -0.39 is 17.9 Å². The van der Waals surface area contributed by atoms with E-state index in [1.54, 1.807) is 6.92 Å². The Morgan fingerprint density at radius 2 is 1.43 bits per heavy atom. The van der Waals surface area contributed by atoms with E-state index in [1.807, 2.05) is 19.9 Å². The van der Waals surface area contributed by atoms with Gasteiger partial charge in [0.05, 0.1) is 24.2 Å². The third-order valence-electron chi connectivity index (χ3n) is 15.4. The van der Waals surface area contributed by atoms with E-state index in [1.165, 1.54) is 57.6 Å². The largest absolute Gasteiger partial charge is 0.510 e. The van der Waals surface area contributed by atoms with Crippen molar-refractivity contribution < 1.29 is 29.0 Å². The Morgan fingerprint density at radius 3 is 2.08 bits per heavy atom. The molecule has 10 nitrogen and oxygen atoms in total. The van der Waals surface area contributed by atoms with Crippen molar-refractivity contribution in [2.75, 3.05) is 13.7 Å². The fraction of sp³-hybridized carbons (Fsp3) is 0.618. The number of ether oxygens (including phenoxy) is 2. The Balaban J connectivity index is 1.21. The highest BCUT2D eigenvalue weighted by Gasteiger charge is 2.47. The number of hydrogen-bond donors (Lipinski definition) is 5. The molecule has 1 aliphatic carbocycles. The smallest absolute Gasteiger partial charge is 0.320 e.